The van der Waals surface area contributed by atoms with Crippen LogP contribution < -0.4 is 5.32 Å². The van der Waals surface area contributed by atoms with E-state index in [9.17, 15) is 0 Å². The number of H-pyrrole nitrogens is 1. The molecule has 0 saturated heterocycles. The molecule has 0 fully saturated rings. The Hall–Kier alpha value is -0.390. The van der Waals surface area contributed by atoms with Gasteiger partial charge in [0.1, 0.15) is 10.5 Å². The van der Waals surface area contributed by atoms with Gasteiger partial charge in [-0.15, -0.1) is 0 Å². The van der Waals surface area contributed by atoms with Crippen molar-refractivity contribution in [3.05, 3.63) is 21.7 Å². The Balaban J connectivity index is 2.22. The number of aromatic amines is 1. The lowest BCUT2D eigenvalue weighted by Crippen LogP contribution is -2.25. The highest BCUT2D eigenvalue weighted by Gasteiger charge is 2.12. The third-order valence-electron chi connectivity index (χ3n) is 2.56. The molecule has 88 valence electrons. The van der Waals surface area contributed by atoms with Crippen LogP contribution in [0.1, 0.15) is 30.9 Å². The lowest BCUT2D eigenvalue weighted by molar-refractivity contribution is 0.620. The molecule has 2 rings (SSSR count). The van der Waals surface area contributed by atoms with Gasteiger partial charge in [0.15, 0.2) is 0 Å². The van der Waals surface area contributed by atoms with Crippen LogP contribution in [-0.2, 0) is 18.7 Å². The standard InChI is InChI=1S/C11H17N3S2/c1-7(2)16-6-10-13-9-3-4-12-5-8(9)11(15)14-10/h7,12H,3-6H2,1-2H3,(H,13,14,15). The van der Waals surface area contributed by atoms with Crippen molar-refractivity contribution in [3.63, 3.8) is 0 Å². The first-order chi connectivity index (χ1) is 7.66. The van der Waals surface area contributed by atoms with Gasteiger partial charge in [0.2, 0.25) is 0 Å². The normalized spacial score (nSPS) is 15.2. The van der Waals surface area contributed by atoms with Crippen molar-refractivity contribution in [3.8, 4) is 0 Å². The minimum Gasteiger partial charge on any atom is -0.346 e. The van der Waals surface area contributed by atoms with Crippen LogP contribution >= 0.6 is 24.0 Å². The van der Waals surface area contributed by atoms with Crippen LogP contribution in [0.5, 0.6) is 0 Å². The lowest BCUT2D eigenvalue weighted by Gasteiger charge is -2.17. The summed E-state index contributed by atoms with van der Waals surface area (Å²) in [5, 5.41) is 3.95. The Morgan fingerprint density at radius 1 is 1.50 bits per heavy atom. The van der Waals surface area contributed by atoms with Crippen molar-refractivity contribution < 1.29 is 0 Å². The fourth-order valence-corrected chi connectivity index (χ4v) is 2.67. The summed E-state index contributed by atoms with van der Waals surface area (Å²) in [6.07, 6.45) is 1.03. The molecule has 0 aliphatic carbocycles. The molecule has 0 aromatic carbocycles. The van der Waals surface area contributed by atoms with E-state index in [4.69, 9.17) is 12.2 Å². The number of thioether (sulfide) groups is 1. The lowest BCUT2D eigenvalue weighted by atomic mass is 10.1. The Morgan fingerprint density at radius 3 is 3.06 bits per heavy atom. The third kappa shape index (κ3) is 2.84. The van der Waals surface area contributed by atoms with E-state index in [0.29, 0.717) is 5.25 Å². The van der Waals surface area contributed by atoms with E-state index >= 15 is 0 Å². The number of aromatic nitrogens is 2. The summed E-state index contributed by atoms with van der Waals surface area (Å²) in [4.78, 5) is 7.88. The zero-order valence-corrected chi connectivity index (χ0v) is 11.3. The molecule has 0 saturated carbocycles. The average molecular weight is 255 g/mol. The van der Waals surface area contributed by atoms with Crippen LogP contribution in [0.3, 0.4) is 0 Å². The van der Waals surface area contributed by atoms with E-state index in [1.54, 1.807) is 0 Å². The molecule has 1 aromatic heterocycles. The monoisotopic (exact) mass is 255 g/mol. The molecule has 0 bridgehead atoms. The summed E-state index contributed by atoms with van der Waals surface area (Å²) in [7, 11) is 0. The summed E-state index contributed by atoms with van der Waals surface area (Å²) in [5.41, 5.74) is 2.46. The Kier molecular flexibility index (Phi) is 4.00. The van der Waals surface area contributed by atoms with Crippen LogP contribution in [0.4, 0.5) is 0 Å². The van der Waals surface area contributed by atoms with Crippen molar-refractivity contribution in [1.29, 1.82) is 0 Å². The molecule has 16 heavy (non-hydrogen) atoms. The molecular formula is C11H17N3S2. The Labute approximate surface area is 105 Å². The maximum Gasteiger partial charge on any atom is 0.134 e. The smallest absolute Gasteiger partial charge is 0.134 e. The molecule has 1 aliphatic heterocycles. The average Bonchev–Trinajstić information content (AvgIpc) is 2.26. The molecule has 3 nitrogen and oxygen atoms in total. The number of nitrogens with zero attached hydrogens (tertiary/aromatic N) is 1. The van der Waals surface area contributed by atoms with Crippen LogP contribution in [0.2, 0.25) is 0 Å². The van der Waals surface area contributed by atoms with Crippen molar-refractivity contribution in [2.24, 2.45) is 0 Å². The number of hydrogen-bond donors (Lipinski definition) is 2. The highest BCUT2D eigenvalue weighted by Crippen LogP contribution is 2.17. The molecule has 0 amide bonds. The van der Waals surface area contributed by atoms with Gasteiger partial charge in [-0.1, -0.05) is 26.1 Å². The predicted octanol–water partition coefficient (Wildman–Crippen LogP) is 2.43. The molecule has 0 radical (unpaired) electrons. The molecule has 2 N–H and O–H groups in total. The minimum atomic E-state index is 0.626. The molecule has 0 spiro atoms. The molecular weight excluding hydrogens is 238 g/mol. The Bertz CT molecular complexity index is 426. The molecule has 1 aromatic rings. The van der Waals surface area contributed by atoms with Crippen LogP contribution in [-0.4, -0.2) is 21.8 Å². The number of nitrogens with one attached hydrogen (secondary N) is 2. The van der Waals surface area contributed by atoms with Crippen LogP contribution in [0, 0.1) is 4.64 Å². The Morgan fingerprint density at radius 2 is 2.31 bits per heavy atom. The summed E-state index contributed by atoms with van der Waals surface area (Å²) in [6, 6.07) is 0. The molecule has 1 aliphatic rings. The quantitative estimate of drug-likeness (QED) is 0.814. The van der Waals surface area contributed by atoms with E-state index in [0.717, 1.165) is 35.7 Å². The zero-order valence-electron chi connectivity index (χ0n) is 9.67. The van der Waals surface area contributed by atoms with Crippen molar-refractivity contribution in [2.75, 3.05) is 6.54 Å². The highest BCUT2D eigenvalue weighted by atomic mass is 32.2. The van der Waals surface area contributed by atoms with Gasteiger partial charge < -0.3 is 10.3 Å². The van der Waals surface area contributed by atoms with Gasteiger partial charge in [-0.3, -0.25) is 0 Å². The van der Waals surface area contributed by atoms with Gasteiger partial charge >= 0.3 is 0 Å². The second-order valence-corrected chi connectivity index (χ2v) is 6.18. The summed E-state index contributed by atoms with van der Waals surface area (Å²) < 4.78 is 0.764. The highest BCUT2D eigenvalue weighted by molar-refractivity contribution is 7.99. The van der Waals surface area contributed by atoms with Gasteiger partial charge in [-0.25, -0.2) is 4.98 Å². The SMILES string of the molecule is CC(C)SCc1nc(=S)c2c([nH]1)CCNC2. The van der Waals surface area contributed by atoms with Gasteiger partial charge in [-0.05, 0) is 5.25 Å². The molecule has 0 unspecified atom stereocenters. The molecule has 2 heterocycles. The maximum atomic E-state index is 5.33. The summed E-state index contributed by atoms with van der Waals surface area (Å²) in [6.45, 7) is 6.28. The molecule has 5 heteroatoms. The van der Waals surface area contributed by atoms with Crippen molar-refractivity contribution in [2.45, 2.75) is 37.8 Å². The second-order valence-electron chi connectivity index (χ2n) is 4.23. The van der Waals surface area contributed by atoms with Crippen LogP contribution in [0.15, 0.2) is 0 Å². The topological polar surface area (TPSA) is 40.7 Å². The van der Waals surface area contributed by atoms with E-state index in [1.165, 1.54) is 11.3 Å². The summed E-state index contributed by atoms with van der Waals surface area (Å²) >= 11 is 7.21. The minimum absolute atomic E-state index is 0.626. The van der Waals surface area contributed by atoms with Crippen molar-refractivity contribution >= 4 is 24.0 Å². The maximum absolute atomic E-state index is 5.33. The van der Waals surface area contributed by atoms with Gasteiger partial charge in [-0.2, -0.15) is 11.8 Å². The summed E-state index contributed by atoms with van der Waals surface area (Å²) in [5.74, 6) is 1.94. The predicted molar refractivity (Wildman–Crippen MR) is 71.3 cm³/mol. The fraction of sp³-hybridized carbons (Fsp3) is 0.636. The van der Waals surface area contributed by atoms with Crippen molar-refractivity contribution in [1.82, 2.24) is 15.3 Å². The van der Waals surface area contributed by atoms with Gasteiger partial charge in [0, 0.05) is 30.8 Å². The van der Waals surface area contributed by atoms with E-state index in [2.05, 4.69) is 29.1 Å². The fourth-order valence-electron chi connectivity index (χ4n) is 1.73. The number of fused-ring (bicyclic) bond motifs is 1. The zero-order chi connectivity index (χ0) is 11.5. The van der Waals surface area contributed by atoms with Gasteiger partial charge in [0.05, 0.1) is 5.75 Å². The first-order valence-electron chi connectivity index (χ1n) is 5.60. The van der Waals surface area contributed by atoms with Crippen LogP contribution in [0.25, 0.3) is 0 Å². The second kappa shape index (κ2) is 5.29. The third-order valence-corrected chi connectivity index (χ3v) is 4.01. The number of hydrogen-bond acceptors (Lipinski definition) is 4. The van der Waals surface area contributed by atoms with Gasteiger partial charge in [0.25, 0.3) is 0 Å². The number of rotatable bonds is 3. The van der Waals surface area contributed by atoms with E-state index in [-0.39, 0.29) is 0 Å². The van der Waals surface area contributed by atoms with E-state index < -0.39 is 0 Å². The molecule has 0 atom stereocenters. The first kappa shape index (κ1) is 12.1. The largest absolute Gasteiger partial charge is 0.346 e. The van der Waals surface area contributed by atoms with E-state index in [1.807, 2.05) is 11.8 Å². The first-order valence-corrected chi connectivity index (χ1v) is 7.06.